The largest absolute Gasteiger partial charge is 0.489 e. The molecule has 0 saturated carbocycles. The van der Waals surface area contributed by atoms with Crippen molar-refractivity contribution < 1.29 is 14.1 Å². The van der Waals surface area contributed by atoms with Gasteiger partial charge in [-0.25, -0.2) is 0 Å². The lowest BCUT2D eigenvalue weighted by Crippen LogP contribution is -2.16. The van der Waals surface area contributed by atoms with Gasteiger partial charge in [-0.05, 0) is 70.4 Å². The average molecular weight is 459 g/mol. The Morgan fingerprint density at radius 2 is 1.82 bits per heavy atom. The zero-order valence-electron chi connectivity index (χ0n) is 20.5. The Morgan fingerprint density at radius 3 is 2.56 bits per heavy atom. The first-order chi connectivity index (χ1) is 16.2. The highest BCUT2D eigenvalue weighted by atomic mass is 16.5. The van der Waals surface area contributed by atoms with Gasteiger partial charge in [0.2, 0.25) is 0 Å². The van der Waals surface area contributed by atoms with E-state index in [0.29, 0.717) is 23.6 Å². The molecule has 4 rings (SSSR count). The topological polar surface area (TPSA) is 82.2 Å². The molecule has 1 N–H and O–H groups in total. The van der Waals surface area contributed by atoms with Gasteiger partial charge in [-0.3, -0.25) is 9.48 Å². The summed E-state index contributed by atoms with van der Waals surface area (Å²) in [6.07, 6.45) is 0. The van der Waals surface area contributed by atoms with Gasteiger partial charge in [-0.15, -0.1) is 0 Å². The third kappa shape index (κ3) is 4.88. The van der Waals surface area contributed by atoms with E-state index in [1.165, 1.54) is 11.1 Å². The first-order valence-electron chi connectivity index (χ1n) is 11.3. The van der Waals surface area contributed by atoms with Gasteiger partial charge in [-0.2, -0.15) is 5.10 Å². The summed E-state index contributed by atoms with van der Waals surface area (Å²) >= 11 is 0. The van der Waals surface area contributed by atoms with E-state index in [4.69, 9.17) is 9.26 Å². The maximum Gasteiger partial charge on any atom is 0.278 e. The Bertz CT molecular complexity index is 1350. The molecule has 0 radical (unpaired) electrons. The van der Waals surface area contributed by atoms with Crippen molar-refractivity contribution >= 4 is 11.6 Å². The third-order valence-electron chi connectivity index (χ3n) is 6.10. The molecule has 0 fully saturated rings. The number of nitrogens with one attached hydrogen (secondary N) is 1. The van der Waals surface area contributed by atoms with Crippen LogP contribution in [0.2, 0.25) is 0 Å². The number of hydrogen-bond acceptors (Lipinski definition) is 5. The average Bonchev–Trinajstić information content (AvgIpc) is 3.29. The van der Waals surface area contributed by atoms with E-state index in [0.717, 1.165) is 28.3 Å². The van der Waals surface area contributed by atoms with Gasteiger partial charge in [0.05, 0.1) is 29.2 Å². The summed E-state index contributed by atoms with van der Waals surface area (Å²) < 4.78 is 13.2. The Kier molecular flexibility index (Phi) is 6.54. The zero-order valence-corrected chi connectivity index (χ0v) is 20.5. The number of carbonyl (C=O) groups excluding carboxylic acids is 1. The number of rotatable bonds is 7. The normalized spacial score (nSPS) is 11.0. The third-order valence-corrected chi connectivity index (χ3v) is 6.10. The van der Waals surface area contributed by atoms with E-state index in [9.17, 15) is 4.79 Å². The van der Waals surface area contributed by atoms with Crippen LogP contribution in [0.25, 0.3) is 0 Å². The molecular weight excluding hydrogens is 428 g/mol. The minimum atomic E-state index is -0.350. The quantitative estimate of drug-likeness (QED) is 0.390. The molecule has 34 heavy (non-hydrogen) atoms. The number of hydrogen-bond donors (Lipinski definition) is 1. The molecule has 1 amide bonds. The molecule has 7 nitrogen and oxygen atoms in total. The summed E-state index contributed by atoms with van der Waals surface area (Å²) in [5.41, 5.74) is 7.83. The summed E-state index contributed by atoms with van der Waals surface area (Å²) in [5, 5.41) is 11.6. The first kappa shape index (κ1) is 23.3. The summed E-state index contributed by atoms with van der Waals surface area (Å²) in [4.78, 5) is 13.1. The second-order valence-electron chi connectivity index (χ2n) is 8.75. The van der Waals surface area contributed by atoms with E-state index in [1.54, 1.807) is 6.92 Å². The molecule has 0 aliphatic heterocycles. The van der Waals surface area contributed by atoms with Crippen LogP contribution in [0.15, 0.2) is 47.0 Å². The lowest BCUT2D eigenvalue weighted by Gasteiger charge is -2.09. The number of aromatic nitrogens is 3. The molecule has 4 aromatic rings. The fourth-order valence-electron chi connectivity index (χ4n) is 3.89. The van der Waals surface area contributed by atoms with Crippen LogP contribution in [0, 0.1) is 41.5 Å². The van der Waals surface area contributed by atoms with Crippen molar-refractivity contribution in [3.05, 3.63) is 93.1 Å². The van der Waals surface area contributed by atoms with Gasteiger partial charge in [0.15, 0.2) is 5.69 Å². The highest BCUT2D eigenvalue weighted by Crippen LogP contribution is 2.24. The van der Waals surface area contributed by atoms with Gasteiger partial charge in [0.25, 0.3) is 5.91 Å². The standard InChI is InChI=1S/C27H30N4O3/c1-16-8-7-9-22(12-16)14-31-20(5)25(19(4)29-31)28-27(32)26-24(21(6)34-30-26)15-33-23-11-10-17(2)18(3)13-23/h7-13H,14-15H2,1-6H3,(H,28,32). The van der Waals surface area contributed by atoms with Crippen molar-refractivity contribution in [1.29, 1.82) is 0 Å². The molecule has 2 aromatic carbocycles. The molecule has 0 bridgehead atoms. The highest BCUT2D eigenvalue weighted by molar-refractivity contribution is 6.04. The molecule has 2 heterocycles. The van der Waals surface area contributed by atoms with Gasteiger partial charge >= 0.3 is 0 Å². The molecule has 0 atom stereocenters. The van der Waals surface area contributed by atoms with E-state index in [1.807, 2.05) is 49.7 Å². The van der Waals surface area contributed by atoms with Crippen molar-refractivity contribution in [3.8, 4) is 5.75 Å². The molecule has 0 aliphatic rings. The van der Waals surface area contributed by atoms with Gasteiger partial charge in [-0.1, -0.05) is 41.1 Å². The van der Waals surface area contributed by atoms with Gasteiger partial charge < -0.3 is 14.6 Å². The first-order valence-corrected chi connectivity index (χ1v) is 11.3. The fourth-order valence-corrected chi connectivity index (χ4v) is 3.89. The number of amides is 1. The van der Waals surface area contributed by atoms with Crippen molar-refractivity contribution in [2.24, 2.45) is 0 Å². The van der Waals surface area contributed by atoms with Crippen LogP contribution >= 0.6 is 0 Å². The maximum atomic E-state index is 13.1. The van der Waals surface area contributed by atoms with Crippen molar-refractivity contribution in [3.63, 3.8) is 0 Å². The van der Waals surface area contributed by atoms with Crippen LogP contribution in [0.3, 0.4) is 0 Å². The van der Waals surface area contributed by atoms with Crippen molar-refractivity contribution in [2.45, 2.75) is 54.7 Å². The highest BCUT2D eigenvalue weighted by Gasteiger charge is 2.23. The lowest BCUT2D eigenvalue weighted by molar-refractivity contribution is 0.101. The van der Waals surface area contributed by atoms with E-state index in [-0.39, 0.29) is 18.2 Å². The number of benzene rings is 2. The SMILES string of the molecule is Cc1cccc(Cn2nc(C)c(NC(=O)c3noc(C)c3COc3ccc(C)c(C)c3)c2C)c1. The van der Waals surface area contributed by atoms with Crippen LogP contribution in [0.1, 0.15) is 55.5 Å². The summed E-state index contributed by atoms with van der Waals surface area (Å²) in [7, 11) is 0. The fraction of sp³-hybridized carbons (Fsp3) is 0.296. The monoisotopic (exact) mass is 458 g/mol. The number of nitrogens with zero attached hydrogens (tertiary/aromatic N) is 3. The smallest absolute Gasteiger partial charge is 0.278 e. The van der Waals surface area contributed by atoms with Crippen LogP contribution in [0.5, 0.6) is 5.75 Å². The molecule has 7 heteroatoms. The number of anilines is 1. The van der Waals surface area contributed by atoms with Crippen LogP contribution in [-0.2, 0) is 13.2 Å². The zero-order chi connectivity index (χ0) is 24.4. The second kappa shape index (κ2) is 9.55. The Balaban J connectivity index is 1.51. The summed E-state index contributed by atoms with van der Waals surface area (Å²) in [5.74, 6) is 0.939. The van der Waals surface area contributed by atoms with Crippen LogP contribution in [-0.4, -0.2) is 20.8 Å². The Labute approximate surface area is 199 Å². The van der Waals surface area contributed by atoms with Gasteiger partial charge in [0.1, 0.15) is 18.1 Å². The Morgan fingerprint density at radius 1 is 1.03 bits per heavy atom. The van der Waals surface area contributed by atoms with E-state index in [2.05, 4.69) is 47.6 Å². The molecular formula is C27H30N4O3. The molecule has 0 saturated heterocycles. The predicted octanol–water partition coefficient (Wildman–Crippen LogP) is 5.60. The van der Waals surface area contributed by atoms with Crippen molar-refractivity contribution in [2.75, 3.05) is 5.32 Å². The summed E-state index contributed by atoms with van der Waals surface area (Å²) in [6.45, 7) is 12.6. The Hall–Kier alpha value is -3.87. The maximum absolute atomic E-state index is 13.1. The number of carbonyl (C=O) groups is 1. The van der Waals surface area contributed by atoms with Crippen LogP contribution in [0.4, 0.5) is 5.69 Å². The minimum Gasteiger partial charge on any atom is -0.489 e. The second-order valence-corrected chi connectivity index (χ2v) is 8.75. The van der Waals surface area contributed by atoms with Crippen molar-refractivity contribution in [1.82, 2.24) is 14.9 Å². The van der Waals surface area contributed by atoms with Crippen LogP contribution < -0.4 is 10.1 Å². The summed E-state index contributed by atoms with van der Waals surface area (Å²) in [6, 6.07) is 14.2. The lowest BCUT2D eigenvalue weighted by atomic mass is 10.1. The van der Waals surface area contributed by atoms with Gasteiger partial charge in [0, 0.05) is 0 Å². The molecule has 2 aromatic heterocycles. The number of aryl methyl sites for hydroxylation is 5. The molecule has 0 spiro atoms. The predicted molar refractivity (Wildman–Crippen MR) is 131 cm³/mol. The molecule has 0 aliphatic carbocycles. The van der Waals surface area contributed by atoms with E-state index < -0.39 is 0 Å². The number of ether oxygens (including phenoxy) is 1. The minimum absolute atomic E-state index is 0.186. The molecule has 0 unspecified atom stereocenters. The van der Waals surface area contributed by atoms with E-state index >= 15 is 0 Å². The molecule has 176 valence electrons.